The van der Waals surface area contributed by atoms with Crippen LogP contribution in [0.25, 0.3) is 10.6 Å². The monoisotopic (exact) mass is 424 g/mol. The van der Waals surface area contributed by atoms with E-state index in [-0.39, 0.29) is 17.5 Å². The zero-order chi connectivity index (χ0) is 20.1. The van der Waals surface area contributed by atoms with Crippen molar-refractivity contribution in [3.05, 3.63) is 35.3 Å². The Balaban J connectivity index is 1.69. The van der Waals surface area contributed by atoms with Crippen molar-refractivity contribution >= 4 is 21.2 Å². The largest absolute Gasteiger partial charge is 0.494 e. The highest BCUT2D eigenvalue weighted by atomic mass is 32.2. The molecule has 1 saturated heterocycles. The molecule has 8 heteroatoms. The van der Waals surface area contributed by atoms with Gasteiger partial charge in [-0.3, -0.25) is 4.90 Å². The third-order valence-electron chi connectivity index (χ3n) is 4.87. The van der Waals surface area contributed by atoms with Crippen molar-refractivity contribution in [2.24, 2.45) is 0 Å². The summed E-state index contributed by atoms with van der Waals surface area (Å²) < 4.78 is 29.0. The van der Waals surface area contributed by atoms with E-state index in [9.17, 15) is 13.5 Å². The molecule has 1 fully saturated rings. The predicted molar refractivity (Wildman–Crippen MR) is 112 cm³/mol. The molecule has 1 atom stereocenters. The molecule has 1 aliphatic rings. The molecule has 0 aliphatic carbocycles. The first kappa shape index (κ1) is 21.2. The number of hydrogen-bond donors (Lipinski definition) is 1. The van der Waals surface area contributed by atoms with Crippen LogP contribution in [0, 0.1) is 0 Å². The van der Waals surface area contributed by atoms with Crippen LogP contribution in [-0.2, 0) is 16.4 Å². The first-order valence-corrected chi connectivity index (χ1v) is 12.4. The zero-order valence-corrected chi connectivity index (χ0v) is 18.0. The minimum absolute atomic E-state index is 0.161. The fraction of sp³-hybridized carbons (Fsp3) is 0.550. The van der Waals surface area contributed by atoms with Gasteiger partial charge in [-0.2, -0.15) is 0 Å². The average Bonchev–Trinajstić information content (AvgIpc) is 3.10. The zero-order valence-electron chi connectivity index (χ0n) is 16.4. The Morgan fingerprint density at radius 2 is 1.96 bits per heavy atom. The molecule has 2 heterocycles. The normalized spacial score (nSPS) is 18.3. The summed E-state index contributed by atoms with van der Waals surface area (Å²) in [6.07, 6.45) is 0.762. The van der Waals surface area contributed by atoms with E-state index >= 15 is 0 Å². The molecular weight excluding hydrogens is 396 g/mol. The highest BCUT2D eigenvalue weighted by Crippen LogP contribution is 2.27. The Bertz CT molecular complexity index is 849. The van der Waals surface area contributed by atoms with Crippen LogP contribution in [0.4, 0.5) is 0 Å². The molecule has 3 rings (SSSR count). The molecule has 1 aromatic heterocycles. The molecule has 0 saturated carbocycles. The van der Waals surface area contributed by atoms with Crippen molar-refractivity contribution in [2.45, 2.75) is 45.4 Å². The smallest absolute Gasteiger partial charge is 0.150 e. The van der Waals surface area contributed by atoms with Crippen LogP contribution in [0.5, 0.6) is 5.75 Å². The van der Waals surface area contributed by atoms with E-state index in [4.69, 9.17) is 9.72 Å². The number of ether oxygens (including phenoxy) is 1. The number of aliphatic hydroxyl groups excluding tert-OH is 1. The van der Waals surface area contributed by atoms with Crippen molar-refractivity contribution < 1.29 is 18.3 Å². The number of rotatable bonds is 8. The number of thiazole rings is 1. The third kappa shape index (κ3) is 5.76. The maximum absolute atomic E-state index is 11.7. The van der Waals surface area contributed by atoms with Crippen LogP contribution in [0.15, 0.2) is 29.6 Å². The lowest BCUT2D eigenvalue weighted by Crippen LogP contribution is -2.43. The van der Waals surface area contributed by atoms with E-state index in [1.54, 1.807) is 18.3 Å². The summed E-state index contributed by atoms with van der Waals surface area (Å²) in [5.41, 5.74) is 1.99. The summed E-state index contributed by atoms with van der Waals surface area (Å²) in [6.45, 7) is 5.49. The lowest BCUT2D eigenvalue weighted by atomic mass is 10.1. The SMILES string of the molecule is CCOc1ccc(-c2nc(CN(C[C@@H](C)O)C3CCS(=O)(=O)CC3)cs2)cc1. The van der Waals surface area contributed by atoms with Crippen molar-refractivity contribution in [3.8, 4) is 16.3 Å². The van der Waals surface area contributed by atoms with Gasteiger partial charge in [0.05, 0.1) is 29.9 Å². The molecule has 154 valence electrons. The van der Waals surface area contributed by atoms with Crippen LogP contribution in [-0.4, -0.2) is 60.2 Å². The van der Waals surface area contributed by atoms with E-state index < -0.39 is 15.9 Å². The topological polar surface area (TPSA) is 79.7 Å². The minimum atomic E-state index is -2.90. The molecule has 28 heavy (non-hydrogen) atoms. The molecule has 0 amide bonds. The second-order valence-corrected chi connectivity index (χ2v) is 10.4. The first-order chi connectivity index (χ1) is 13.4. The lowest BCUT2D eigenvalue weighted by Gasteiger charge is -2.34. The standard InChI is InChI=1S/C20H28N2O4S2/c1-3-26-19-6-4-16(5-7-19)20-21-17(14-27-20)13-22(12-15(2)23)18-8-10-28(24,25)11-9-18/h4-7,14-15,18,23H,3,8-13H2,1-2H3/t15-/m1/s1. The van der Waals surface area contributed by atoms with E-state index in [0.29, 0.717) is 32.5 Å². The molecular formula is C20H28N2O4S2. The minimum Gasteiger partial charge on any atom is -0.494 e. The maximum Gasteiger partial charge on any atom is 0.150 e. The quantitative estimate of drug-likeness (QED) is 0.702. The summed E-state index contributed by atoms with van der Waals surface area (Å²) in [7, 11) is -2.90. The van der Waals surface area contributed by atoms with Crippen LogP contribution in [0.3, 0.4) is 0 Å². The fourth-order valence-electron chi connectivity index (χ4n) is 3.51. The number of benzene rings is 1. The lowest BCUT2D eigenvalue weighted by molar-refractivity contribution is 0.0871. The van der Waals surface area contributed by atoms with Gasteiger partial charge >= 0.3 is 0 Å². The van der Waals surface area contributed by atoms with E-state index in [2.05, 4.69) is 4.90 Å². The van der Waals surface area contributed by atoms with Gasteiger partial charge in [0.1, 0.15) is 20.6 Å². The van der Waals surface area contributed by atoms with Gasteiger partial charge in [-0.15, -0.1) is 11.3 Å². The van der Waals surface area contributed by atoms with Gasteiger partial charge in [0.2, 0.25) is 0 Å². The van der Waals surface area contributed by atoms with E-state index in [1.807, 2.05) is 36.6 Å². The summed E-state index contributed by atoms with van der Waals surface area (Å²) in [4.78, 5) is 6.94. The molecule has 0 radical (unpaired) electrons. The van der Waals surface area contributed by atoms with Gasteiger partial charge in [-0.05, 0) is 51.0 Å². The highest BCUT2D eigenvalue weighted by Gasteiger charge is 2.29. The predicted octanol–water partition coefficient (Wildman–Crippen LogP) is 2.97. The summed E-state index contributed by atoms with van der Waals surface area (Å²) in [6, 6.07) is 8.07. The molecule has 1 aliphatic heterocycles. The van der Waals surface area contributed by atoms with Crippen LogP contribution < -0.4 is 4.74 Å². The Labute approximate surface area is 171 Å². The van der Waals surface area contributed by atoms with Crippen LogP contribution in [0.1, 0.15) is 32.4 Å². The second-order valence-electron chi connectivity index (χ2n) is 7.26. The summed E-state index contributed by atoms with van der Waals surface area (Å²) in [5.74, 6) is 1.30. The van der Waals surface area contributed by atoms with Crippen molar-refractivity contribution in [3.63, 3.8) is 0 Å². The second kappa shape index (κ2) is 9.35. The molecule has 0 bridgehead atoms. The van der Waals surface area contributed by atoms with E-state index in [0.717, 1.165) is 22.0 Å². The van der Waals surface area contributed by atoms with E-state index in [1.165, 1.54) is 0 Å². The van der Waals surface area contributed by atoms with Gasteiger partial charge in [0.25, 0.3) is 0 Å². The number of hydrogen-bond acceptors (Lipinski definition) is 7. The summed E-state index contributed by atoms with van der Waals surface area (Å²) >= 11 is 1.59. The van der Waals surface area contributed by atoms with Crippen LogP contribution in [0.2, 0.25) is 0 Å². The maximum atomic E-state index is 11.7. The molecule has 1 N–H and O–H groups in total. The highest BCUT2D eigenvalue weighted by molar-refractivity contribution is 7.91. The fourth-order valence-corrected chi connectivity index (χ4v) is 5.79. The van der Waals surface area contributed by atoms with Crippen molar-refractivity contribution in [1.82, 2.24) is 9.88 Å². The first-order valence-electron chi connectivity index (χ1n) is 9.66. The van der Waals surface area contributed by atoms with Gasteiger partial charge < -0.3 is 9.84 Å². The van der Waals surface area contributed by atoms with Gasteiger partial charge in [0, 0.05) is 30.1 Å². The van der Waals surface area contributed by atoms with Gasteiger partial charge in [-0.25, -0.2) is 13.4 Å². The molecule has 0 unspecified atom stereocenters. The molecule has 2 aromatic rings. The Morgan fingerprint density at radius 1 is 1.29 bits per heavy atom. The number of aliphatic hydroxyl groups is 1. The third-order valence-corrected chi connectivity index (χ3v) is 7.52. The molecule has 6 nitrogen and oxygen atoms in total. The average molecular weight is 425 g/mol. The van der Waals surface area contributed by atoms with Crippen molar-refractivity contribution in [2.75, 3.05) is 24.7 Å². The number of nitrogens with zero attached hydrogens (tertiary/aromatic N) is 2. The Morgan fingerprint density at radius 3 is 2.57 bits per heavy atom. The molecule has 1 aromatic carbocycles. The number of sulfone groups is 1. The number of aromatic nitrogens is 1. The molecule has 0 spiro atoms. The van der Waals surface area contributed by atoms with Gasteiger partial charge in [-0.1, -0.05) is 0 Å². The van der Waals surface area contributed by atoms with Gasteiger partial charge in [0.15, 0.2) is 0 Å². The Hall–Kier alpha value is -1.48. The Kier molecular flexibility index (Phi) is 7.09. The van der Waals surface area contributed by atoms with Crippen molar-refractivity contribution in [1.29, 1.82) is 0 Å². The summed E-state index contributed by atoms with van der Waals surface area (Å²) in [5, 5.41) is 12.9. The van der Waals surface area contributed by atoms with Crippen LogP contribution >= 0.6 is 11.3 Å².